The smallest absolute Gasteiger partial charge is 0.333 e. The fourth-order valence-electron chi connectivity index (χ4n) is 11.0. The van der Waals surface area contributed by atoms with Gasteiger partial charge >= 0.3 is 5.97 Å². The summed E-state index contributed by atoms with van der Waals surface area (Å²) in [7, 11) is 4.70. The topological polar surface area (TPSA) is 205 Å². The van der Waals surface area contributed by atoms with Crippen LogP contribution in [0.3, 0.4) is 0 Å². The minimum absolute atomic E-state index is 0.0258. The number of nitrogens with zero attached hydrogens (tertiary/aromatic N) is 6. The van der Waals surface area contributed by atoms with Gasteiger partial charge in [-0.2, -0.15) is 0 Å². The van der Waals surface area contributed by atoms with Crippen molar-refractivity contribution in [2.75, 3.05) is 49.2 Å². The first-order valence-electron chi connectivity index (χ1n) is 27.5. The Bertz CT molecular complexity index is 3270. The minimum Gasteiger partial charge on any atom is -0.497 e. The summed E-state index contributed by atoms with van der Waals surface area (Å²) in [6, 6.07) is 24.1. The molecule has 4 aromatic rings. The molecule has 5 heterocycles. The minimum atomic E-state index is -0.794. The third kappa shape index (κ3) is 12.1. The Balaban J connectivity index is 0.946. The normalized spacial score (nSPS) is 19.0. The first-order chi connectivity index (χ1) is 38.9. The number of imide groups is 1. The highest BCUT2D eigenvalue weighted by Gasteiger charge is 2.43. The predicted octanol–water partition coefficient (Wildman–Crippen LogP) is 8.99. The third-order valence-electron chi connectivity index (χ3n) is 15.7. The molecule has 424 valence electrons. The van der Waals surface area contributed by atoms with Crippen LogP contribution in [0, 0.1) is 5.92 Å². The van der Waals surface area contributed by atoms with Gasteiger partial charge < -0.3 is 43.1 Å². The van der Waals surface area contributed by atoms with Crippen molar-refractivity contribution < 1.29 is 62.0 Å². The molecule has 4 aromatic carbocycles. The van der Waals surface area contributed by atoms with Crippen LogP contribution in [0.15, 0.2) is 112 Å². The standard InChI is InChI=1S/C62H68N6O13/c1-61(2,77-7)22-24-80-62(3,4)21-20-55(69)65(23-12-17-58(72)81-68-56(70)18-19-57(68)71)42-26-38(36-78-53-32-47-45(30-51(53)75-5)59(73)66-43(34-63-47)28-40-13-8-10-15-49(40)66)25-39(27-42)37-79-54-33-48-46(31-52(54)76-6)60(74)67-44(35-64-48)29-41-14-9-11-16-50(41)67/h8-11,13-16,25-27,30,32-35,43-44,46H,12,17-24,28-29,31,36-37H2,1-7H3/t43-,44-,46?/m0/s1. The number of benzene rings is 4. The van der Waals surface area contributed by atoms with E-state index in [0.717, 1.165) is 22.5 Å². The molecule has 10 rings (SSSR count). The van der Waals surface area contributed by atoms with Gasteiger partial charge in [-0.1, -0.05) is 36.4 Å². The third-order valence-corrected chi connectivity index (χ3v) is 15.7. The van der Waals surface area contributed by atoms with Crippen molar-refractivity contribution in [2.24, 2.45) is 15.9 Å². The number of ether oxygens (including phenoxy) is 6. The maximum absolute atomic E-state index is 14.8. The number of hydroxylamine groups is 2. The molecule has 0 radical (unpaired) electrons. The fraction of sp³-hybridized carbons (Fsp3) is 0.419. The Labute approximate surface area is 471 Å². The van der Waals surface area contributed by atoms with Crippen LogP contribution in [0.2, 0.25) is 0 Å². The number of carbonyl (C=O) groups is 6. The lowest BCUT2D eigenvalue weighted by molar-refractivity contribution is -0.197. The van der Waals surface area contributed by atoms with Gasteiger partial charge in [-0.25, -0.2) is 4.79 Å². The number of aliphatic imine (C=N–C) groups is 2. The molecule has 1 aliphatic carbocycles. The second kappa shape index (κ2) is 23.5. The molecule has 0 saturated carbocycles. The molecule has 5 amide bonds. The van der Waals surface area contributed by atoms with Crippen LogP contribution in [0.5, 0.6) is 11.5 Å². The molecule has 0 aromatic heterocycles. The Kier molecular flexibility index (Phi) is 16.3. The molecule has 5 aliphatic heterocycles. The summed E-state index contributed by atoms with van der Waals surface area (Å²) >= 11 is 0. The van der Waals surface area contributed by atoms with Crippen molar-refractivity contribution in [3.8, 4) is 11.5 Å². The van der Waals surface area contributed by atoms with Gasteiger partial charge in [0.15, 0.2) is 17.3 Å². The van der Waals surface area contributed by atoms with E-state index in [1.54, 1.807) is 48.4 Å². The number of hydrogen-bond donors (Lipinski definition) is 0. The molecular weight excluding hydrogens is 1040 g/mol. The number of allylic oxidation sites excluding steroid dienone is 2. The molecule has 0 bridgehead atoms. The lowest BCUT2D eigenvalue weighted by Crippen LogP contribution is -2.41. The molecule has 81 heavy (non-hydrogen) atoms. The molecule has 6 aliphatic rings. The van der Waals surface area contributed by atoms with Crippen molar-refractivity contribution in [3.63, 3.8) is 0 Å². The first kappa shape index (κ1) is 56.1. The Hall–Kier alpha value is -8.16. The van der Waals surface area contributed by atoms with Gasteiger partial charge in [0.1, 0.15) is 19.0 Å². The lowest BCUT2D eigenvalue weighted by atomic mass is 9.93. The van der Waals surface area contributed by atoms with Crippen LogP contribution < -0.4 is 24.2 Å². The lowest BCUT2D eigenvalue weighted by Gasteiger charge is -2.30. The molecule has 1 fully saturated rings. The van der Waals surface area contributed by atoms with Gasteiger partial charge in [-0.3, -0.25) is 38.9 Å². The summed E-state index contributed by atoms with van der Waals surface area (Å²) in [6.07, 6.45) is 7.73. The van der Waals surface area contributed by atoms with Crippen molar-refractivity contribution >= 4 is 70.7 Å². The Morgan fingerprint density at radius 1 is 0.704 bits per heavy atom. The largest absolute Gasteiger partial charge is 0.497 e. The summed E-state index contributed by atoms with van der Waals surface area (Å²) in [5.74, 6) is -1.63. The van der Waals surface area contributed by atoms with Crippen LogP contribution in [0.25, 0.3) is 0 Å². The van der Waals surface area contributed by atoms with Gasteiger partial charge in [-0.15, -0.1) is 5.06 Å². The second-order valence-corrected chi connectivity index (χ2v) is 22.2. The number of methoxy groups -OCH3 is 3. The van der Waals surface area contributed by atoms with Crippen LogP contribution >= 0.6 is 0 Å². The molecule has 19 heteroatoms. The van der Waals surface area contributed by atoms with Gasteiger partial charge in [0.2, 0.25) is 11.8 Å². The van der Waals surface area contributed by atoms with E-state index < -0.39 is 34.9 Å². The zero-order valence-corrected chi connectivity index (χ0v) is 46.9. The number of hydrogen-bond acceptors (Lipinski definition) is 15. The molecule has 19 nitrogen and oxygen atoms in total. The SMILES string of the molecule is COC1=C(OCc2cc(COc3cc4c(cc3OC)C(=O)N3c5ccccc5C[C@H]3C=N4)cc(N(CCCC(=O)ON3C(=O)CCC3=O)C(=O)CCC(C)(C)OCCC(C)(C)OC)c2)C=C2N=C[C@@H]3Cc4ccccc4N3C(=O)C2C1. The van der Waals surface area contributed by atoms with Crippen molar-refractivity contribution in [1.82, 2.24) is 5.06 Å². The van der Waals surface area contributed by atoms with Crippen molar-refractivity contribution in [2.45, 2.75) is 128 Å². The molecule has 0 spiro atoms. The molecule has 3 atom stereocenters. The van der Waals surface area contributed by atoms with Crippen LogP contribution in [0.4, 0.5) is 22.7 Å². The second-order valence-electron chi connectivity index (χ2n) is 22.2. The van der Waals surface area contributed by atoms with Crippen LogP contribution in [-0.4, -0.2) is 111 Å². The highest BCUT2D eigenvalue weighted by Crippen LogP contribution is 2.43. The van der Waals surface area contributed by atoms with E-state index in [9.17, 15) is 28.8 Å². The van der Waals surface area contributed by atoms with Gasteiger partial charge in [-0.05, 0) is 106 Å². The number of amides is 5. The van der Waals surface area contributed by atoms with E-state index >= 15 is 0 Å². The Morgan fingerprint density at radius 2 is 1.36 bits per heavy atom. The number of anilines is 3. The average molecular weight is 1110 g/mol. The molecular formula is C62H68N6O13. The summed E-state index contributed by atoms with van der Waals surface area (Å²) in [6.45, 7) is 8.19. The van der Waals surface area contributed by atoms with Crippen molar-refractivity contribution in [3.05, 3.63) is 130 Å². The quantitative estimate of drug-likeness (QED) is 0.0675. The summed E-state index contributed by atoms with van der Waals surface area (Å²) < 4.78 is 36.8. The molecule has 1 saturated heterocycles. The highest BCUT2D eigenvalue weighted by molar-refractivity contribution is 6.15. The monoisotopic (exact) mass is 1100 g/mol. The molecule has 1 unspecified atom stereocenters. The fourth-order valence-corrected chi connectivity index (χ4v) is 11.0. The summed E-state index contributed by atoms with van der Waals surface area (Å²) in [5, 5.41) is 0.511. The molecule has 0 N–H and O–H groups in total. The van der Waals surface area contributed by atoms with Crippen molar-refractivity contribution in [1.29, 1.82) is 0 Å². The maximum Gasteiger partial charge on any atom is 0.333 e. The number of rotatable bonds is 22. The highest BCUT2D eigenvalue weighted by atomic mass is 16.7. The maximum atomic E-state index is 14.8. The zero-order valence-electron chi connectivity index (χ0n) is 46.9. The van der Waals surface area contributed by atoms with E-state index in [0.29, 0.717) is 94.1 Å². The predicted molar refractivity (Wildman–Crippen MR) is 301 cm³/mol. The number of carbonyl (C=O) groups excluding carboxylic acids is 6. The number of para-hydroxylation sites is 2. The number of fused-ring (bicyclic) bond motifs is 8. The van der Waals surface area contributed by atoms with Crippen LogP contribution in [0.1, 0.15) is 112 Å². The van der Waals surface area contributed by atoms with Gasteiger partial charge in [0.25, 0.3) is 17.7 Å². The summed E-state index contributed by atoms with van der Waals surface area (Å²) in [4.78, 5) is 101. The zero-order chi connectivity index (χ0) is 57.2. The van der Waals surface area contributed by atoms with Gasteiger partial charge in [0.05, 0.1) is 67.0 Å². The van der Waals surface area contributed by atoms with E-state index in [1.807, 2.05) is 106 Å². The van der Waals surface area contributed by atoms with E-state index in [-0.39, 0.29) is 88.1 Å². The average Bonchev–Trinajstić information content (AvgIpc) is 4.30. The Morgan fingerprint density at radius 3 is 2.04 bits per heavy atom. The van der Waals surface area contributed by atoms with E-state index in [4.69, 9.17) is 43.2 Å². The summed E-state index contributed by atoms with van der Waals surface area (Å²) in [5.41, 5.74) is 5.82. The first-order valence-corrected chi connectivity index (χ1v) is 27.5. The van der Waals surface area contributed by atoms with Gasteiger partial charge in [0, 0.05) is 100 Å². The van der Waals surface area contributed by atoms with E-state index in [2.05, 4.69) is 0 Å². The van der Waals surface area contributed by atoms with E-state index in [1.165, 1.54) is 7.11 Å². The van der Waals surface area contributed by atoms with Crippen LogP contribution in [-0.2, 0) is 73.8 Å².